The lowest BCUT2D eigenvalue weighted by atomic mass is 9.77. The van der Waals surface area contributed by atoms with E-state index >= 15 is 0 Å². The summed E-state index contributed by atoms with van der Waals surface area (Å²) < 4.78 is 18.9. The van der Waals surface area contributed by atoms with E-state index < -0.39 is 47.0 Å². The summed E-state index contributed by atoms with van der Waals surface area (Å²) in [6.07, 6.45) is 0.953. The summed E-state index contributed by atoms with van der Waals surface area (Å²) in [7, 11) is 3.87. The average molecular weight is 468 g/mol. The van der Waals surface area contributed by atoms with Gasteiger partial charge in [-0.15, -0.1) is 0 Å². The minimum absolute atomic E-state index is 0.162. The molecular weight excluding hydrogens is 437 g/mol. The number of amides is 2. The molecule has 180 valence electrons. The maximum atomic E-state index is 13.8. The van der Waals surface area contributed by atoms with Crippen LogP contribution in [0.1, 0.15) is 38.3 Å². The molecule has 4 atom stereocenters. The van der Waals surface area contributed by atoms with Gasteiger partial charge in [0.15, 0.2) is 0 Å². The van der Waals surface area contributed by atoms with Gasteiger partial charge in [0.2, 0.25) is 11.8 Å². The highest BCUT2D eigenvalue weighted by molar-refractivity contribution is 6.24. The molecule has 0 radical (unpaired) electrons. The van der Waals surface area contributed by atoms with Gasteiger partial charge in [0.05, 0.1) is 24.1 Å². The van der Waals surface area contributed by atoms with Crippen molar-refractivity contribution in [1.29, 1.82) is 0 Å². The number of imide groups is 1. The summed E-state index contributed by atoms with van der Waals surface area (Å²) in [6, 6.07) is 12.4. The Labute approximate surface area is 198 Å². The molecule has 2 aliphatic heterocycles. The van der Waals surface area contributed by atoms with Crippen molar-refractivity contribution in [2.24, 2.45) is 11.8 Å². The first kappa shape index (κ1) is 23.9. The Balaban J connectivity index is 1.83. The quantitative estimate of drug-likeness (QED) is 0.497. The van der Waals surface area contributed by atoms with Gasteiger partial charge in [0.1, 0.15) is 11.4 Å². The molecule has 2 saturated heterocycles. The maximum Gasteiger partial charge on any atom is 0.327 e. The highest BCUT2D eigenvalue weighted by atomic mass is 19.1. The molecule has 2 fully saturated rings. The van der Waals surface area contributed by atoms with E-state index in [2.05, 4.69) is 5.32 Å². The monoisotopic (exact) mass is 467 g/mol. The zero-order valence-corrected chi connectivity index (χ0v) is 19.9. The van der Waals surface area contributed by atoms with Crippen LogP contribution in [0.15, 0.2) is 48.5 Å². The number of nitrogens with zero attached hydrogens (tertiary/aromatic N) is 2. The second-order valence-corrected chi connectivity index (χ2v) is 9.04. The van der Waals surface area contributed by atoms with Gasteiger partial charge in [0, 0.05) is 25.8 Å². The summed E-state index contributed by atoms with van der Waals surface area (Å²) in [4.78, 5) is 43.9. The number of anilines is 2. The molecule has 4 rings (SSSR count). The first-order valence-electron chi connectivity index (χ1n) is 11.6. The molecular formula is C26H30FN3O4. The van der Waals surface area contributed by atoms with Gasteiger partial charge in [-0.05, 0) is 55.3 Å². The van der Waals surface area contributed by atoms with Crippen LogP contribution in [-0.4, -0.2) is 44.0 Å². The smallest absolute Gasteiger partial charge is 0.327 e. The van der Waals surface area contributed by atoms with Crippen LogP contribution >= 0.6 is 0 Å². The van der Waals surface area contributed by atoms with Crippen molar-refractivity contribution in [3.63, 3.8) is 0 Å². The Morgan fingerprint density at radius 3 is 2.26 bits per heavy atom. The molecule has 0 aromatic heterocycles. The van der Waals surface area contributed by atoms with Crippen molar-refractivity contribution in [2.75, 3.05) is 30.5 Å². The van der Waals surface area contributed by atoms with Crippen LogP contribution in [-0.2, 0) is 19.1 Å². The number of halogens is 1. The first-order valence-corrected chi connectivity index (χ1v) is 11.6. The predicted octanol–water partition coefficient (Wildman–Crippen LogP) is 3.44. The Kier molecular flexibility index (Phi) is 6.45. The molecule has 8 heteroatoms. The van der Waals surface area contributed by atoms with Gasteiger partial charge in [-0.25, -0.2) is 9.29 Å². The number of benzene rings is 2. The van der Waals surface area contributed by atoms with Gasteiger partial charge in [-0.1, -0.05) is 25.5 Å². The fourth-order valence-corrected chi connectivity index (χ4v) is 5.29. The van der Waals surface area contributed by atoms with Crippen LogP contribution < -0.4 is 15.1 Å². The largest absolute Gasteiger partial charge is 0.465 e. The molecule has 2 amide bonds. The molecule has 2 aromatic carbocycles. The number of carbonyl (C=O) groups is 3. The van der Waals surface area contributed by atoms with Crippen molar-refractivity contribution in [2.45, 2.75) is 38.3 Å². The fraction of sp³-hybridized carbons (Fsp3) is 0.423. The Bertz CT molecular complexity index is 1090. The minimum Gasteiger partial charge on any atom is -0.465 e. The molecule has 1 N–H and O–H groups in total. The standard InChI is InChI=1S/C26H30FN3O4/c1-5-15-26(25(33)34-6-2)21-20(22(28-26)16-7-11-18(12-8-16)29(3)4)23(31)30(24(21)32)19-13-9-17(27)10-14-19/h7-14,20-22,28H,5-6,15H2,1-4H3/t20-,21-,22-,26+/m0/s1. The highest BCUT2D eigenvalue weighted by Gasteiger charge is 2.68. The number of carbonyl (C=O) groups excluding carboxylic acids is 3. The van der Waals surface area contributed by atoms with E-state index in [1.54, 1.807) is 6.92 Å². The zero-order valence-electron chi connectivity index (χ0n) is 19.9. The lowest BCUT2D eigenvalue weighted by Gasteiger charge is -2.32. The number of rotatable bonds is 7. The van der Waals surface area contributed by atoms with E-state index in [1.165, 1.54) is 24.3 Å². The number of ether oxygens (including phenoxy) is 1. The topological polar surface area (TPSA) is 79.0 Å². The number of fused-ring (bicyclic) bond motifs is 1. The fourth-order valence-electron chi connectivity index (χ4n) is 5.29. The third-order valence-corrected chi connectivity index (χ3v) is 6.79. The van der Waals surface area contributed by atoms with E-state index in [4.69, 9.17) is 4.74 Å². The SMILES string of the molecule is CCC[C@@]1(C(=O)OCC)N[C@@H](c2ccc(N(C)C)cc2)[C@H]2C(=O)N(c3ccc(F)cc3)C(=O)[C@H]21. The van der Waals surface area contributed by atoms with Crippen molar-refractivity contribution in [3.05, 3.63) is 59.9 Å². The van der Waals surface area contributed by atoms with E-state index in [0.717, 1.165) is 16.2 Å². The van der Waals surface area contributed by atoms with Crippen LogP contribution in [0.4, 0.5) is 15.8 Å². The van der Waals surface area contributed by atoms with Crippen LogP contribution in [0.2, 0.25) is 0 Å². The Hall–Kier alpha value is -3.26. The first-order chi connectivity index (χ1) is 16.2. The second kappa shape index (κ2) is 9.18. The molecule has 0 saturated carbocycles. The van der Waals surface area contributed by atoms with Gasteiger partial charge in [-0.3, -0.25) is 19.7 Å². The molecule has 2 aliphatic rings. The van der Waals surface area contributed by atoms with Gasteiger partial charge in [0.25, 0.3) is 0 Å². The van der Waals surface area contributed by atoms with E-state index in [9.17, 15) is 18.8 Å². The van der Waals surface area contributed by atoms with Crippen LogP contribution in [0.5, 0.6) is 0 Å². The van der Waals surface area contributed by atoms with E-state index in [-0.39, 0.29) is 6.61 Å². The minimum atomic E-state index is -1.33. The van der Waals surface area contributed by atoms with Crippen molar-refractivity contribution in [3.8, 4) is 0 Å². The Morgan fingerprint density at radius 1 is 1.06 bits per heavy atom. The van der Waals surface area contributed by atoms with Crippen LogP contribution in [0.25, 0.3) is 0 Å². The summed E-state index contributed by atoms with van der Waals surface area (Å²) in [5, 5.41) is 3.38. The van der Waals surface area contributed by atoms with Crippen molar-refractivity contribution >= 4 is 29.2 Å². The van der Waals surface area contributed by atoms with Gasteiger partial charge < -0.3 is 9.64 Å². The number of esters is 1. The van der Waals surface area contributed by atoms with E-state index in [1.807, 2.05) is 50.2 Å². The van der Waals surface area contributed by atoms with Crippen molar-refractivity contribution < 1.29 is 23.5 Å². The third-order valence-electron chi connectivity index (χ3n) is 6.79. The molecule has 2 aromatic rings. The molecule has 7 nitrogen and oxygen atoms in total. The zero-order chi connectivity index (χ0) is 24.6. The van der Waals surface area contributed by atoms with Gasteiger partial charge >= 0.3 is 5.97 Å². The molecule has 0 bridgehead atoms. The molecule has 2 heterocycles. The number of nitrogens with one attached hydrogen (secondary N) is 1. The summed E-state index contributed by atoms with van der Waals surface area (Å²) >= 11 is 0. The summed E-state index contributed by atoms with van der Waals surface area (Å²) in [5.41, 5.74) is 0.763. The maximum absolute atomic E-state index is 13.8. The lowest BCUT2D eigenvalue weighted by molar-refractivity contribution is -0.155. The molecule has 0 aliphatic carbocycles. The summed E-state index contributed by atoms with van der Waals surface area (Å²) in [6.45, 7) is 3.80. The summed E-state index contributed by atoms with van der Waals surface area (Å²) in [5.74, 6) is -3.58. The van der Waals surface area contributed by atoms with Crippen molar-refractivity contribution in [1.82, 2.24) is 5.32 Å². The molecule has 0 spiro atoms. The van der Waals surface area contributed by atoms with Gasteiger partial charge in [-0.2, -0.15) is 0 Å². The van der Waals surface area contributed by atoms with Crippen LogP contribution in [0.3, 0.4) is 0 Å². The number of hydrogen-bond acceptors (Lipinski definition) is 6. The molecule has 0 unspecified atom stereocenters. The second-order valence-electron chi connectivity index (χ2n) is 9.04. The molecule has 34 heavy (non-hydrogen) atoms. The number of hydrogen-bond donors (Lipinski definition) is 1. The predicted molar refractivity (Wildman–Crippen MR) is 127 cm³/mol. The van der Waals surface area contributed by atoms with E-state index in [0.29, 0.717) is 18.5 Å². The average Bonchev–Trinajstić information content (AvgIpc) is 3.29. The highest BCUT2D eigenvalue weighted by Crippen LogP contribution is 2.51. The van der Waals surface area contributed by atoms with Crippen LogP contribution in [0, 0.1) is 17.7 Å². The third kappa shape index (κ3) is 3.76. The Morgan fingerprint density at radius 2 is 1.71 bits per heavy atom. The normalized spacial score (nSPS) is 26.0. The lowest BCUT2D eigenvalue weighted by Crippen LogP contribution is -2.56.